The molecule has 3 aliphatic rings. The van der Waals surface area contributed by atoms with Gasteiger partial charge in [0.25, 0.3) is 0 Å². The minimum absolute atomic E-state index is 0.140. The van der Waals surface area contributed by atoms with Crippen molar-refractivity contribution in [2.45, 2.75) is 25.8 Å². The van der Waals surface area contributed by atoms with Gasteiger partial charge in [-0.1, -0.05) is 18.2 Å². The van der Waals surface area contributed by atoms with E-state index in [0.717, 1.165) is 30.0 Å². The maximum Gasteiger partial charge on any atom is 0.0908 e. The van der Waals surface area contributed by atoms with Crippen molar-refractivity contribution in [1.29, 1.82) is 0 Å². The van der Waals surface area contributed by atoms with Crippen molar-refractivity contribution in [2.75, 3.05) is 14.1 Å². The van der Waals surface area contributed by atoms with Crippen molar-refractivity contribution in [1.82, 2.24) is 10.2 Å². The van der Waals surface area contributed by atoms with Crippen LogP contribution in [0.15, 0.2) is 69.7 Å². The maximum absolute atomic E-state index is 4.76. The van der Waals surface area contributed by atoms with E-state index in [9.17, 15) is 0 Å². The third-order valence-corrected chi connectivity index (χ3v) is 4.00. The Morgan fingerprint density at radius 3 is 2.95 bits per heavy atom. The second-order valence-corrected chi connectivity index (χ2v) is 5.82. The highest BCUT2D eigenvalue weighted by Crippen LogP contribution is 2.24. The minimum atomic E-state index is 0.140. The minimum Gasteiger partial charge on any atom is -0.378 e. The molecule has 4 heteroatoms. The Morgan fingerprint density at radius 2 is 2.14 bits per heavy atom. The third kappa shape index (κ3) is 2.96. The van der Waals surface area contributed by atoms with Crippen molar-refractivity contribution in [3.63, 3.8) is 0 Å². The van der Waals surface area contributed by atoms with E-state index in [4.69, 9.17) is 4.99 Å². The summed E-state index contributed by atoms with van der Waals surface area (Å²) in [6, 6.07) is 0.140. The molecule has 0 aromatic heterocycles. The van der Waals surface area contributed by atoms with E-state index in [0.29, 0.717) is 0 Å². The lowest BCUT2D eigenvalue weighted by molar-refractivity contribution is 0.527. The van der Waals surface area contributed by atoms with Crippen LogP contribution in [-0.4, -0.2) is 36.5 Å². The van der Waals surface area contributed by atoms with Crippen molar-refractivity contribution in [3.8, 4) is 0 Å². The van der Waals surface area contributed by atoms with Crippen LogP contribution in [0.1, 0.15) is 19.8 Å². The predicted molar refractivity (Wildman–Crippen MR) is 92.9 cm³/mol. The van der Waals surface area contributed by atoms with Gasteiger partial charge < -0.3 is 10.2 Å². The molecule has 0 fully saturated rings. The lowest BCUT2D eigenvalue weighted by Gasteiger charge is -2.25. The zero-order chi connectivity index (χ0) is 15.5. The second kappa shape index (κ2) is 6.18. The van der Waals surface area contributed by atoms with Gasteiger partial charge in [0.05, 0.1) is 23.2 Å². The number of nitrogens with zero attached hydrogens (tertiary/aromatic N) is 3. The molecule has 1 atom stereocenters. The molecule has 2 aliphatic heterocycles. The van der Waals surface area contributed by atoms with E-state index in [1.165, 1.54) is 11.3 Å². The van der Waals surface area contributed by atoms with Gasteiger partial charge in [0.2, 0.25) is 0 Å². The Hall–Kier alpha value is -2.36. The van der Waals surface area contributed by atoms with Crippen LogP contribution in [0.4, 0.5) is 0 Å². The molecule has 1 unspecified atom stereocenters. The molecule has 1 aliphatic carbocycles. The average Bonchev–Trinajstić information content (AvgIpc) is 2.46. The predicted octanol–water partition coefficient (Wildman–Crippen LogP) is 2.95. The molecule has 0 amide bonds. The molecule has 0 bridgehead atoms. The van der Waals surface area contributed by atoms with E-state index in [-0.39, 0.29) is 6.04 Å². The molecular formula is C18H22N4. The monoisotopic (exact) mass is 294 g/mol. The van der Waals surface area contributed by atoms with Gasteiger partial charge in [0.15, 0.2) is 0 Å². The molecule has 0 aromatic rings. The van der Waals surface area contributed by atoms with Crippen molar-refractivity contribution in [3.05, 3.63) is 59.7 Å². The van der Waals surface area contributed by atoms with Crippen LogP contribution in [0.3, 0.4) is 0 Å². The van der Waals surface area contributed by atoms with Gasteiger partial charge in [-0.05, 0) is 37.5 Å². The van der Waals surface area contributed by atoms with Gasteiger partial charge >= 0.3 is 0 Å². The SMILES string of the molecule is CC1=NC(/C2=C/C/C=C(N(C)C)\C=C/C2)=CC2NC=CN=C12. The summed E-state index contributed by atoms with van der Waals surface area (Å²) < 4.78 is 0. The molecule has 0 saturated carbocycles. The fourth-order valence-corrected chi connectivity index (χ4v) is 2.80. The van der Waals surface area contributed by atoms with Crippen molar-refractivity contribution < 1.29 is 0 Å². The van der Waals surface area contributed by atoms with Gasteiger partial charge in [-0.15, -0.1) is 0 Å². The van der Waals surface area contributed by atoms with Gasteiger partial charge in [-0.2, -0.15) is 0 Å². The summed E-state index contributed by atoms with van der Waals surface area (Å²) in [4.78, 5) is 11.3. The number of rotatable bonds is 2. The number of fused-ring (bicyclic) bond motifs is 1. The standard InChI is InChI=1S/C18H22N4/c1-13-18-17(19-10-11-20-18)12-16(21-13)14-6-4-8-15(22(2)3)9-5-7-14/h4,7-12,17,19H,5-6H2,1-3H3/b8-4-,14-7+,15-9+. The smallest absolute Gasteiger partial charge is 0.0908 e. The van der Waals surface area contributed by atoms with E-state index in [2.05, 4.69) is 59.7 Å². The highest BCUT2D eigenvalue weighted by atomic mass is 15.1. The Balaban J connectivity index is 1.85. The molecule has 114 valence electrons. The molecule has 0 radical (unpaired) electrons. The molecule has 1 N–H and O–H groups in total. The molecule has 2 heterocycles. The molecular weight excluding hydrogens is 272 g/mol. The van der Waals surface area contributed by atoms with Crippen molar-refractivity contribution in [2.24, 2.45) is 9.98 Å². The molecule has 4 nitrogen and oxygen atoms in total. The normalized spacial score (nSPS) is 30.0. The van der Waals surface area contributed by atoms with E-state index >= 15 is 0 Å². The van der Waals surface area contributed by atoms with Gasteiger partial charge in [0.1, 0.15) is 0 Å². The summed E-state index contributed by atoms with van der Waals surface area (Å²) in [7, 11) is 4.14. The van der Waals surface area contributed by atoms with Crippen LogP contribution in [0.25, 0.3) is 0 Å². The first kappa shape index (κ1) is 14.6. The van der Waals surface area contributed by atoms with Crippen LogP contribution >= 0.6 is 0 Å². The average molecular weight is 294 g/mol. The molecule has 0 spiro atoms. The lowest BCUT2D eigenvalue weighted by atomic mass is 9.96. The van der Waals surface area contributed by atoms with Crippen LogP contribution < -0.4 is 5.32 Å². The highest BCUT2D eigenvalue weighted by Gasteiger charge is 2.23. The quantitative estimate of drug-likeness (QED) is 0.850. The number of aliphatic imine (C=N–C) groups is 2. The van der Waals surface area contributed by atoms with Crippen molar-refractivity contribution >= 4 is 11.4 Å². The number of hydrogen-bond donors (Lipinski definition) is 1. The van der Waals surface area contributed by atoms with Gasteiger partial charge in [0, 0.05) is 32.2 Å². The zero-order valence-corrected chi connectivity index (χ0v) is 13.4. The maximum atomic E-state index is 4.76. The summed E-state index contributed by atoms with van der Waals surface area (Å²) in [5, 5.41) is 3.34. The van der Waals surface area contributed by atoms with E-state index in [1.807, 2.05) is 13.1 Å². The fraction of sp³-hybridized carbons (Fsp3) is 0.333. The fourth-order valence-electron chi connectivity index (χ4n) is 2.80. The second-order valence-electron chi connectivity index (χ2n) is 5.82. The summed E-state index contributed by atoms with van der Waals surface area (Å²) in [5.41, 5.74) is 5.61. The molecule has 3 rings (SSSR count). The zero-order valence-electron chi connectivity index (χ0n) is 13.4. The Kier molecular flexibility index (Phi) is 4.09. The topological polar surface area (TPSA) is 40.0 Å². The Morgan fingerprint density at radius 1 is 1.27 bits per heavy atom. The Bertz CT molecular complexity index is 669. The van der Waals surface area contributed by atoms with E-state index < -0.39 is 0 Å². The lowest BCUT2D eigenvalue weighted by Crippen LogP contribution is -2.39. The van der Waals surface area contributed by atoms with Crippen LogP contribution in [0, 0.1) is 0 Å². The van der Waals surface area contributed by atoms with Crippen LogP contribution in [-0.2, 0) is 0 Å². The summed E-state index contributed by atoms with van der Waals surface area (Å²) in [6.45, 7) is 2.03. The first-order valence-electron chi connectivity index (χ1n) is 7.65. The largest absolute Gasteiger partial charge is 0.378 e. The first-order chi connectivity index (χ1) is 10.6. The highest BCUT2D eigenvalue weighted by molar-refractivity contribution is 6.45. The molecule has 0 aromatic carbocycles. The number of allylic oxidation sites excluding steroid dienone is 5. The summed E-state index contributed by atoms with van der Waals surface area (Å²) in [5.74, 6) is 0. The third-order valence-electron chi connectivity index (χ3n) is 4.00. The summed E-state index contributed by atoms with van der Waals surface area (Å²) >= 11 is 0. The van der Waals surface area contributed by atoms with Crippen LogP contribution in [0.2, 0.25) is 0 Å². The number of hydrogen-bond acceptors (Lipinski definition) is 4. The molecule has 22 heavy (non-hydrogen) atoms. The van der Waals surface area contributed by atoms with Crippen LogP contribution in [0.5, 0.6) is 0 Å². The Labute approximate surface area is 132 Å². The summed E-state index contributed by atoms with van der Waals surface area (Å²) in [6.07, 6.45) is 16.6. The molecule has 0 saturated heterocycles. The number of likely N-dealkylation sites (N-methyl/N-ethyl adjacent to an activating group) is 1. The first-order valence-corrected chi connectivity index (χ1v) is 7.65. The van der Waals surface area contributed by atoms with Gasteiger partial charge in [-0.3, -0.25) is 9.98 Å². The number of nitrogens with one attached hydrogen (secondary N) is 1. The van der Waals surface area contributed by atoms with Gasteiger partial charge in [-0.25, -0.2) is 0 Å². The van der Waals surface area contributed by atoms with E-state index in [1.54, 1.807) is 6.20 Å².